The highest BCUT2D eigenvalue weighted by molar-refractivity contribution is 5.92. The van der Waals surface area contributed by atoms with E-state index >= 15 is 0 Å². The average molecular weight is 342 g/mol. The molecule has 0 aliphatic carbocycles. The van der Waals surface area contributed by atoms with Crippen LogP contribution in [0.5, 0.6) is 0 Å². The van der Waals surface area contributed by atoms with Crippen molar-refractivity contribution in [2.24, 2.45) is 5.92 Å². The van der Waals surface area contributed by atoms with Crippen molar-refractivity contribution in [3.05, 3.63) is 29.8 Å². The molecule has 7 heteroatoms. The first-order valence-electron chi connectivity index (χ1n) is 8.23. The summed E-state index contributed by atoms with van der Waals surface area (Å²) in [6, 6.07) is 8.92. The highest BCUT2D eigenvalue weighted by atomic mass is 16.2. The second-order valence-electron chi connectivity index (χ2n) is 6.34. The maximum Gasteiger partial charge on any atom is 0.238 e. The summed E-state index contributed by atoms with van der Waals surface area (Å²) in [5.41, 5.74) is 1.49. The van der Waals surface area contributed by atoms with Gasteiger partial charge in [-0.05, 0) is 31.5 Å². The number of nitrogens with one attached hydrogen (secondary N) is 2. The first-order chi connectivity index (χ1) is 11.9. The molecular formula is C18H22N4O3. The van der Waals surface area contributed by atoms with E-state index in [1.165, 1.54) is 0 Å². The minimum Gasteiger partial charge on any atom is -0.352 e. The predicted molar refractivity (Wildman–Crippen MR) is 92.1 cm³/mol. The molecule has 0 radical (unpaired) electrons. The Kier molecular flexibility index (Phi) is 6.12. The van der Waals surface area contributed by atoms with E-state index in [2.05, 4.69) is 10.6 Å². The molecule has 1 heterocycles. The third-order valence-electron chi connectivity index (χ3n) is 4.10. The highest BCUT2D eigenvalue weighted by Gasteiger charge is 2.35. The molecule has 1 aliphatic rings. The molecule has 0 bridgehead atoms. The van der Waals surface area contributed by atoms with Gasteiger partial charge in [-0.15, -0.1) is 0 Å². The maximum atomic E-state index is 12.2. The summed E-state index contributed by atoms with van der Waals surface area (Å²) in [5, 5.41) is 13.9. The molecule has 1 aliphatic heterocycles. The smallest absolute Gasteiger partial charge is 0.238 e. The van der Waals surface area contributed by atoms with Gasteiger partial charge in [0.1, 0.15) is 6.42 Å². The van der Waals surface area contributed by atoms with E-state index in [9.17, 15) is 14.4 Å². The Morgan fingerprint density at radius 3 is 2.56 bits per heavy atom. The zero-order valence-electron chi connectivity index (χ0n) is 14.4. The SMILES string of the molecule is CC(C)N1CC(C(=O)NCc2ccc(NC(=O)CC#N)cc2)CC1=O. The molecule has 1 unspecified atom stereocenters. The van der Waals surface area contributed by atoms with Crippen LogP contribution in [0.4, 0.5) is 5.69 Å². The summed E-state index contributed by atoms with van der Waals surface area (Å²) in [7, 11) is 0. The van der Waals surface area contributed by atoms with Gasteiger partial charge in [0.25, 0.3) is 0 Å². The summed E-state index contributed by atoms with van der Waals surface area (Å²) in [6.07, 6.45) is 0.0686. The Morgan fingerprint density at radius 2 is 2.00 bits per heavy atom. The van der Waals surface area contributed by atoms with Gasteiger partial charge in [-0.25, -0.2) is 0 Å². The average Bonchev–Trinajstić information content (AvgIpc) is 2.96. The van der Waals surface area contributed by atoms with Crippen molar-refractivity contribution in [3.8, 4) is 6.07 Å². The molecule has 0 aromatic heterocycles. The normalized spacial score (nSPS) is 16.6. The lowest BCUT2D eigenvalue weighted by molar-refractivity contribution is -0.130. The molecule has 0 spiro atoms. The molecule has 1 saturated heterocycles. The fourth-order valence-electron chi connectivity index (χ4n) is 2.72. The summed E-state index contributed by atoms with van der Waals surface area (Å²) in [4.78, 5) is 37.2. The predicted octanol–water partition coefficient (Wildman–Crippen LogP) is 1.41. The Hall–Kier alpha value is -2.88. The number of rotatable bonds is 6. The number of likely N-dealkylation sites (tertiary alicyclic amines) is 1. The molecule has 25 heavy (non-hydrogen) atoms. The van der Waals surface area contributed by atoms with Crippen molar-refractivity contribution in [3.63, 3.8) is 0 Å². The van der Waals surface area contributed by atoms with E-state index in [4.69, 9.17) is 5.26 Å². The molecule has 1 aromatic carbocycles. The summed E-state index contributed by atoms with van der Waals surface area (Å²) >= 11 is 0. The van der Waals surface area contributed by atoms with Crippen LogP contribution in [0, 0.1) is 17.2 Å². The van der Waals surface area contributed by atoms with Crippen molar-refractivity contribution in [2.45, 2.75) is 39.3 Å². The largest absolute Gasteiger partial charge is 0.352 e. The summed E-state index contributed by atoms with van der Waals surface area (Å²) < 4.78 is 0. The van der Waals surface area contributed by atoms with Crippen LogP contribution in [-0.4, -0.2) is 35.2 Å². The number of hydrogen-bond donors (Lipinski definition) is 2. The van der Waals surface area contributed by atoms with Crippen molar-refractivity contribution < 1.29 is 14.4 Å². The topological polar surface area (TPSA) is 102 Å². The quantitative estimate of drug-likeness (QED) is 0.816. The zero-order valence-corrected chi connectivity index (χ0v) is 14.4. The van der Waals surface area contributed by atoms with Crippen LogP contribution in [0.15, 0.2) is 24.3 Å². The lowest BCUT2D eigenvalue weighted by Crippen LogP contribution is -2.35. The molecule has 3 amide bonds. The van der Waals surface area contributed by atoms with Crippen LogP contribution < -0.4 is 10.6 Å². The first kappa shape index (κ1) is 18.5. The third kappa shape index (κ3) is 5.05. The number of nitriles is 1. The van der Waals surface area contributed by atoms with E-state index < -0.39 is 0 Å². The van der Waals surface area contributed by atoms with Crippen LogP contribution in [0.1, 0.15) is 32.3 Å². The molecule has 2 rings (SSSR count). The fourth-order valence-corrected chi connectivity index (χ4v) is 2.72. The molecule has 0 saturated carbocycles. The second-order valence-corrected chi connectivity index (χ2v) is 6.34. The Balaban J connectivity index is 1.83. The number of carbonyl (C=O) groups excluding carboxylic acids is 3. The Morgan fingerprint density at radius 1 is 1.32 bits per heavy atom. The van der Waals surface area contributed by atoms with Crippen molar-refractivity contribution in [1.82, 2.24) is 10.2 Å². The van der Waals surface area contributed by atoms with E-state index in [0.717, 1.165) is 5.56 Å². The van der Waals surface area contributed by atoms with Gasteiger partial charge in [-0.2, -0.15) is 5.26 Å². The van der Waals surface area contributed by atoms with E-state index in [-0.39, 0.29) is 42.5 Å². The lowest BCUT2D eigenvalue weighted by Gasteiger charge is -2.20. The number of anilines is 1. The van der Waals surface area contributed by atoms with Gasteiger partial charge >= 0.3 is 0 Å². The summed E-state index contributed by atoms with van der Waals surface area (Å²) in [6.45, 7) is 4.70. The standard InChI is InChI=1S/C18H22N4O3/c1-12(2)22-11-14(9-17(22)24)18(25)20-10-13-3-5-15(6-4-13)21-16(23)7-8-19/h3-6,12,14H,7,9-11H2,1-2H3,(H,20,25)(H,21,23). The van der Waals surface area contributed by atoms with Gasteiger partial charge in [0.05, 0.1) is 12.0 Å². The van der Waals surface area contributed by atoms with E-state index in [1.807, 2.05) is 13.8 Å². The van der Waals surface area contributed by atoms with Crippen LogP contribution in [0.2, 0.25) is 0 Å². The number of benzene rings is 1. The van der Waals surface area contributed by atoms with Crippen LogP contribution in [-0.2, 0) is 20.9 Å². The van der Waals surface area contributed by atoms with Gasteiger partial charge < -0.3 is 15.5 Å². The molecule has 1 aromatic rings. The minimum absolute atomic E-state index is 0.0209. The van der Waals surface area contributed by atoms with Gasteiger partial charge in [-0.3, -0.25) is 14.4 Å². The third-order valence-corrected chi connectivity index (χ3v) is 4.10. The number of amides is 3. The van der Waals surface area contributed by atoms with Crippen LogP contribution in [0.3, 0.4) is 0 Å². The van der Waals surface area contributed by atoms with E-state index in [1.54, 1.807) is 35.2 Å². The number of hydrogen-bond acceptors (Lipinski definition) is 4. The van der Waals surface area contributed by atoms with Gasteiger partial charge in [-0.1, -0.05) is 12.1 Å². The van der Waals surface area contributed by atoms with E-state index in [0.29, 0.717) is 18.8 Å². The Bertz CT molecular complexity index is 691. The van der Waals surface area contributed by atoms with Gasteiger partial charge in [0, 0.05) is 31.2 Å². The molecule has 2 N–H and O–H groups in total. The highest BCUT2D eigenvalue weighted by Crippen LogP contribution is 2.20. The first-order valence-corrected chi connectivity index (χ1v) is 8.23. The van der Waals surface area contributed by atoms with Crippen LogP contribution in [0.25, 0.3) is 0 Å². The molecule has 7 nitrogen and oxygen atoms in total. The monoisotopic (exact) mass is 342 g/mol. The van der Waals surface area contributed by atoms with Crippen molar-refractivity contribution >= 4 is 23.4 Å². The molecular weight excluding hydrogens is 320 g/mol. The minimum atomic E-state index is -0.357. The molecule has 1 atom stereocenters. The molecule has 132 valence electrons. The maximum absolute atomic E-state index is 12.2. The fraction of sp³-hybridized carbons (Fsp3) is 0.444. The van der Waals surface area contributed by atoms with Gasteiger partial charge in [0.15, 0.2) is 0 Å². The summed E-state index contributed by atoms with van der Waals surface area (Å²) in [5.74, 6) is -0.765. The number of nitrogens with zero attached hydrogens (tertiary/aromatic N) is 2. The van der Waals surface area contributed by atoms with Crippen molar-refractivity contribution in [2.75, 3.05) is 11.9 Å². The van der Waals surface area contributed by atoms with Gasteiger partial charge in [0.2, 0.25) is 17.7 Å². The van der Waals surface area contributed by atoms with Crippen LogP contribution >= 0.6 is 0 Å². The second kappa shape index (κ2) is 8.29. The molecule has 1 fully saturated rings. The number of carbonyl (C=O) groups is 3. The lowest BCUT2D eigenvalue weighted by atomic mass is 10.1. The Labute approximate surface area is 147 Å². The van der Waals surface area contributed by atoms with Crippen molar-refractivity contribution in [1.29, 1.82) is 5.26 Å². The zero-order chi connectivity index (χ0) is 18.4.